The molecule has 2 aliphatic rings. The molecule has 158 valence electrons. The summed E-state index contributed by atoms with van der Waals surface area (Å²) in [4.78, 5) is 14.6. The number of nitrogens with zero attached hydrogens (tertiary/aromatic N) is 2. The number of aliphatic hydroxyl groups is 1. The zero-order valence-electron chi connectivity index (χ0n) is 17.8. The van der Waals surface area contributed by atoms with Crippen LogP contribution in [-0.4, -0.2) is 64.7 Å². The molecule has 0 spiro atoms. The van der Waals surface area contributed by atoms with Crippen molar-refractivity contribution in [3.8, 4) is 0 Å². The summed E-state index contributed by atoms with van der Waals surface area (Å²) in [5, 5.41) is 19.0. The monoisotopic (exact) mass is 390 g/mol. The Morgan fingerprint density at radius 1 is 1.11 bits per heavy atom. The lowest BCUT2D eigenvalue weighted by Crippen LogP contribution is -2.54. The minimum Gasteiger partial charge on any atom is -0.481 e. The Morgan fingerprint density at radius 2 is 1.71 bits per heavy atom. The summed E-state index contributed by atoms with van der Waals surface area (Å²) in [6.45, 7) is 11.9. The number of likely N-dealkylation sites (tertiary alicyclic amines) is 2. The normalized spacial score (nSPS) is 29.0. The molecule has 0 aromatic heterocycles. The number of carboxylic acid groups (broad SMARTS) is 1. The lowest BCUT2D eigenvalue weighted by Gasteiger charge is -2.47. The third-order valence-corrected chi connectivity index (χ3v) is 6.28. The van der Waals surface area contributed by atoms with Crippen molar-refractivity contribution < 1.29 is 15.0 Å². The summed E-state index contributed by atoms with van der Waals surface area (Å²) in [6, 6.07) is 10.7. The predicted molar refractivity (Wildman–Crippen MR) is 113 cm³/mol. The molecule has 1 aromatic rings. The molecule has 0 amide bonds. The molecule has 2 aliphatic heterocycles. The second-order valence-corrected chi connectivity index (χ2v) is 8.39. The van der Waals surface area contributed by atoms with Crippen LogP contribution >= 0.6 is 0 Å². The highest BCUT2D eigenvalue weighted by atomic mass is 16.4. The summed E-state index contributed by atoms with van der Waals surface area (Å²) in [6.07, 6.45) is 5.18. The van der Waals surface area contributed by atoms with Crippen molar-refractivity contribution in [2.45, 2.75) is 64.5 Å². The molecular formula is C23H38N2O3. The molecule has 0 radical (unpaired) electrons. The summed E-state index contributed by atoms with van der Waals surface area (Å²) >= 11 is 0. The van der Waals surface area contributed by atoms with Gasteiger partial charge in [0.05, 0.1) is 5.60 Å². The van der Waals surface area contributed by atoms with E-state index in [-0.39, 0.29) is 12.3 Å². The Hall–Kier alpha value is -1.43. The molecule has 5 heteroatoms. The van der Waals surface area contributed by atoms with Gasteiger partial charge < -0.3 is 15.1 Å². The van der Waals surface area contributed by atoms with E-state index in [0.717, 1.165) is 25.1 Å². The molecule has 1 aromatic carbocycles. The molecule has 3 atom stereocenters. The predicted octanol–water partition coefficient (Wildman–Crippen LogP) is 3.57. The van der Waals surface area contributed by atoms with Crippen molar-refractivity contribution >= 4 is 5.97 Å². The highest BCUT2D eigenvalue weighted by Gasteiger charge is 2.43. The van der Waals surface area contributed by atoms with Crippen molar-refractivity contribution in [3.05, 3.63) is 35.9 Å². The zero-order chi connectivity index (χ0) is 20.6. The molecule has 2 saturated heterocycles. The van der Waals surface area contributed by atoms with Gasteiger partial charge in [0.2, 0.25) is 0 Å². The van der Waals surface area contributed by atoms with Crippen molar-refractivity contribution in [3.63, 3.8) is 0 Å². The first-order valence-corrected chi connectivity index (χ1v) is 10.8. The number of carbonyl (C=O) groups is 1. The lowest BCUT2D eigenvalue weighted by atomic mass is 9.74. The molecule has 28 heavy (non-hydrogen) atoms. The molecule has 2 fully saturated rings. The summed E-state index contributed by atoms with van der Waals surface area (Å²) < 4.78 is 0. The average molecular weight is 391 g/mol. The van der Waals surface area contributed by atoms with E-state index >= 15 is 0 Å². The van der Waals surface area contributed by atoms with Gasteiger partial charge in [-0.05, 0) is 44.8 Å². The maximum atomic E-state index is 11.3. The van der Waals surface area contributed by atoms with Crippen molar-refractivity contribution in [2.75, 3.05) is 32.7 Å². The zero-order valence-corrected chi connectivity index (χ0v) is 17.8. The third kappa shape index (κ3) is 6.29. The molecule has 0 bridgehead atoms. The van der Waals surface area contributed by atoms with Crippen molar-refractivity contribution in [1.82, 2.24) is 9.80 Å². The summed E-state index contributed by atoms with van der Waals surface area (Å²) in [5.41, 5.74) is 0.400. The van der Waals surface area contributed by atoms with Crippen LogP contribution in [0.25, 0.3) is 0 Å². The van der Waals surface area contributed by atoms with Gasteiger partial charge in [0.25, 0.3) is 0 Å². The molecule has 0 aliphatic carbocycles. The number of carboxylic acids is 1. The quantitative estimate of drug-likeness (QED) is 0.805. The van der Waals surface area contributed by atoms with Crippen molar-refractivity contribution in [1.29, 1.82) is 0 Å². The second-order valence-electron chi connectivity index (χ2n) is 8.39. The van der Waals surface area contributed by atoms with E-state index in [0.29, 0.717) is 6.04 Å². The molecule has 0 saturated carbocycles. The molecule has 3 unspecified atom stereocenters. The molecule has 2 heterocycles. The van der Waals surface area contributed by atoms with Crippen LogP contribution in [0.1, 0.15) is 58.4 Å². The van der Waals surface area contributed by atoms with Gasteiger partial charge >= 0.3 is 5.97 Å². The maximum Gasteiger partial charge on any atom is 0.303 e. The number of aliphatic carboxylic acids is 1. The van der Waals surface area contributed by atoms with E-state index in [1.165, 1.54) is 38.9 Å². The minimum atomic E-state index is -0.745. The van der Waals surface area contributed by atoms with Crippen LogP contribution in [0, 0.1) is 5.92 Å². The Labute approximate surface area is 170 Å². The molecule has 2 N–H and O–H groups in total. The van der Waals surface area contributed by atoms with Crippen molar-refractivity contribution in [2.24, 2.45) is 5.92 Å². The summed E-state index contributed by atoms with van der Waals surface area (Å²) in [5.74, 6) is -0.479. The van der Waals surface area contributed by atoms with Crippen LogP contribution in [0.5, 0.6) is 0 Å². The largest absolute Gasteiger partial charge is 0.481 e. The lowest BCUT2D eigenvalue weighted by molar-refractivity contribution is -0.136. The maximum absolute atomic E-state index is 11.3. The van der Waals surface area contributed by atoms with E-state index in [9.17, 15) is 9.90 Å². The van der Waals surface area contributed by atoms with Gasteiger partial charge in [-0.2, -0.15) is 0 Å². The van der Waals surface area contributed by atoms with Crippen LogP contribution in [-0.2, 0) is 10.4 Å². The van der Waals surface area contributed by atoms with Crippen LogP contribution in [0.2, 0.25) is 0 Å². The first kappa shape index (κ1) is 22.9. The molecule has 5 nitrogen and oxygen atoms in total. The van der Waals surface area contributed by atoms with Gasteiger partial charge in [-0.1, -0.05) is 50.6 Å². The van der Waals surface area contributed by atoms with Gasteiger partial charge in [-0.25, -0.2) is 0 Å². The Morgan fingerprint density at radius 3 is 2.29 bits per heavy atom. The van der Waals surface area contributed by atoms with Gasteiger partial charge in [-0.15, -0.1) is 0 Å². The van der Waals surface area contributed by atoms with E-state index in [2.05, 4.69) is 35.8 Å². The number of hydrogen-bond donors (Lipinski definition) is 2. The van der Waals surface area contributed by atoms with E-state index in [1.54, 1.807) is 6.92 Å². The van der Waals surface area contributed by atoms with Gasteiger partial charge in [-0.3, -0.25) is 9.69 Å². The van der Waals surface area contributed by atoms with E-state index < -0.39 is 11.6 Å². The van der Waals surface area contributed by atoms with Crippen LogP contribution in [0.3, 0.4) is 0 Å². The smallest absolute Gasteiger partial charge is 0.303 e. The van der Waals surface area contributed by atoms with E-state index in [1.807, 2.05) is 18.2 Å². The number of benzene rings is 1. The first-order chi connectivity index (χ1) is 13.4. The van der Waals surface area contributed by atoms with E-state index in [4.69, 9.17) is 5.11 Å². The number of hydrogen-bond acceptors (Lipinski definition) is 4. The molecule has 3 rings (SSSR count). The van der Waals surface area contributed by atoms with Crippen LogP contribution in [0.4, 0.5) is 0 Å². The van der Waals surface area contributed by atoms with Crippen LogP contribution < -0.4 is 0 Å². The molecular weight excluding hydrogens is 352 g/mol. The van der Waals surface area contributed by atoms with Gasteiger partial charge in [0.1, 0.15) is 0 Å². The first-order valence-electron chi connectivity index (χ1n) is 10.8. The fourth-order valence-corrected chi connectivity index (χ4v) is 4.36. The Bertz CT molecular complexity index is 589. The second kappa shape index (κ2) is 10.9. The van der Waals surface area contributed by atoms with Gasteiger partial charge in [0, 0.05) is 38.0 Å². The highest BCUT2D eigenvalue weighted by Crippen LogP contribution is 2.39. The number of rotatable bonds is 5. The third-order valence-electron chi connectivity index (χ3n) is 6.28. The fourth-order valence-electron chi connectivity index (χ4n) is 4.36. The Balaban J connectivity index is 0.000000500. The minimum absolute atomic E-state index is 0.222. The summed E-state index contributed by atoms with van der Waals surface area (Å²) in [7, 11) is 0. The SMILES string of the molecule is CC1CC(O)(c2ccccc2)C(C)CN1CCN1CCCCC1.CCC(=O)O. The number of piperidine rings is 2. The highest BCUT2D eigenvalue weighted by molar-refractivity contribution is 5.66. The average Bonchev–Trinajstić information content (AvgIpc) is 2.71. The standard InChI is InChI=1S/C20H32N2O.C3H6O2/c1-17-16-22(14-13-21-11-7-4-8-12-21)18(2)15-20(17,23)19-9-5-3-6-10-19;1-2-3(4)5/h3,5-6,9-10,17-18,23H,4,7-8,11-16H2,1-2H3;2H2,1H3,(H,4,5). The topological polar surface area (TPSA) is 64.0 Å². The Kier molecular flexibility index (Phi) is 8.93. The van der Waals surface area contributed by atoms with Crippen LogP contribution in [0.15, 0.2) is 30.3 Å². The van der Waals surface area contributed by atoms with Gasteiger partial charge in [0.15, 0.2) is 0 Å². The fraction of sp³-hybridized carbons (Fsp3) is 0.696.